The summed E-state index contributed by atoms with van der Waals surface area (Å²) in [5.41, 5.74) is 7.57. The molecule has 2 rings (SSSR count). The van der Waals surface area contributed by atoms with Gasteiger partial charge in [0.2, 0.25) is 5.96 Å². The molecule has 12 heavy (non-hydrogen) atoms. The van der Waals surface area contributed by atoms with Gasteiger partial charge in [-0.15, -0.1) is 0 Å². The lowest BCUT2D eigenvalue weighted by molar-refractivity contribution is 0.927. The third-order valence-corrected chi connectivity index (χ3v) is 2.27. The molecule has 4 heteroatoms. The Morgan fingerprint density at radius 3 is 3.00 bits per heavy atom. The van der Waals surface area contributed by atoms with Crippen LogP contribution < -0.4 is 5.73 Å². The summed E-state index contributed by atoms with van der Waals surface area (Å²) in [6.45, 7) is 2.00. The second kappa shape index (κ2) is 2.45. The Labute approximate surface area is 75.3 Å². The van der Waals surface area contributed by atoms with Crippen molar-refractivity contribution in [3.63, 3.8) is 0 Å². The van der Waals surface area contributed by atoms with Crippen LogP contribution in [0.3, 0.4) is 0 Å². The van der Waals surface area contributed by atoms with E-state index in [1.54, 1.807) is 0 Å². The van der Waals surface area contributed by atoms with Gasteiger partial charge in [0, 0.05) is 5.57 Å². The topological polar surface area (TPSA) is 50.7 Å². The molecule has 0 amide bonds. The Bertz CT molecular complexity index is 349. The lowest BCUT2D eigenvalue weighted by atomic mass is 10.1. The highest BCUT2D eigenvalue weighted by molar-refractivity contribution is 6.70. The first kappa shape index (κ1) is 7.55. The number of aliphatic imine (C=N–C) groups is 2. The zero-order valence-electron chi connectivity index (χ0n) is 6.58. The molecule has 2 N–H and O–H groups in total. The van der Waals surface area contributed by atoms with Gasteiger partial charge >= 0.3 is 0 Å². The first-order valence-electron chi connectivity index (χ1n) is 3.64. The van der Waals surface area contributed by atoms with Crippen LogP contribution in [0.15, 0.2) is 33.3 Å². The molecule has 62 valence electrons. The fourth-order valence-electron chi connectivity index (χ4n) is 1.33. The predicted molar refractivity (Wildman–Crippen MR) is 50.5 cm³/mol. The molecule has 2 aliphatic rings. The van der Waals surface area contributed by atoms with Crippen LogP contribution in [-0.2, 0) is 0 Å². The van der Waals surface area contributed by atoms with E-state index in [2.05, 4.69) is 9.98 Å². The number of nitrogens with two attached hydrogens (primary N) is 1. The Morgan fingerprint density at radius 1 is 1.50 bits per heavy atom. The van der Waals surface area contributed by atoms with Crippen LogP contribution in [0.4, 0.5) is 0 Å². The monoisotopic (exact) mass is 181 g/mol. The quantitative estimate of drug-likeness (QED) is 0.600. The molecule has 0 fully saturated rings. The second-order valence-electron chi connectivity index (χ2n) is 2.83. The molecule has 0 spiro atoms. The Hall–Kier alpha value is -1.09. The summed E-state index contributed by atoms with van der Waals surface area (Å²) in [5, 5.41) is 0.459. The molecular weight excluding hydrogens is 174 g/mol. The summed E-state index contributed by atoms with van der Waals surface area (Å²) in [4.78, 5) is 8.03. The van der Waals surface area contributed by atoms with Crippen molar-refractivity contribution >= 4 is 22.7 Å². The van der Waals surface area contributed by atoms with Gasteiger partial charge in [-0.1, -0.05) is 23.8 Å². The van der Waals surface area contributed by atoms with Crippen molar-refractivity contribution in [2.75, 3.05) is 0 Å². The van der Waals surface area contributed by atoms with Crippen LogP contribution in [0.5, 0.6) is 0 Å². The van der Waals surface area contributed by atoms with Crippen molar-refractivity contribution < 1.29 is 0 Å². The third-order valence-electron chi connectivity index (χ3n) is 1.96. The highest BCUT2D eigenvalue weighted by Gasteiger charge is 2.26. The van der Waals surface area contributed by atoms with E-state index in [-0.39, 0.29) is 12.0 Å². The van der Waals surface area contributed by atoms with E-state index in [4.69, 9.17) is 17.3 Å². The molecule has 0 aromatic rings. The van der Waals surface area contributed by atoms with Crippen LogP contribution in [-0.4, -0.2) is 17.2 Å². The molecule has 0 aromatic carbocycles. The minimum absolute atomic E-state index is 0.00926. The van der Waals surface area contributed by atoms with E-state index >= 15 is 0 Å². The fourth-order valence-corrected chi connectivity index (χ4v) is 1.58. The summed E-state index contributed by atoms with van der Waals surface area (Å²) >= 11 is 5.87. The van der Waals surface area contributed by atoms with Gasteiger partial charge in [-0.2, -0.15) is 0 Å². The number of hydrogen-bond acceptors (Lipinski definition) is 3. The van der Waals surface area contributed by atoms with E-state index in [0.717, 1.165) is 11.1 Å². The molecule has 1 aliphatic heterocycles. The molecule has 1 aliphatic carbocycles. The third kappa shape index (κ3) is 0.975. The summed E-state index contributed by atoms with van der Waals surface area (Å²) < 4.78 is 0. The first-order valence-corrected chi connectivity index (χ1v) is 4.02. The predicted octanol–water partition coefficient (Wildman–Crippen LogP) is 1.21. The standard InChI is InChI=1S/C8H8ClN3/c1-4-2-3-5-6(4)11-8(10)12-7(5)9/h2-3,6H,1H3,(H2,10,11). The van der Waals surface area contributed by atoms with Crippen LogP contribution in [0.25, 0.3) is 0 Å². The molecule has 1 unspecified atom stereocenters. The smallest absolute Gasteiger partial charge is 0.217 e. The number of nitrogens with zero attached hydrogens (tertiary/aromatic N) is 2. The Morgan fingerprint density at radius 2 is 2.25 bits per heavy atom. The zero-order chi connectivity index (χ0) is 8.72. The number of allylic oxidation sites excluding steroid dienone is 2. The zero-order valence-corrected chi connectivity index (χ0v) is 7.34. The minimum Gasteiger partial charge on any atom is -0.368 e. The van der Waals surface area contributed by atoms with Gasteiger partial charge in [0.05, 0.1) is 0 Å². The van der Waals surface area contributed by atoms with Crippen LogP contribution in [0.1, 0.15) is 6.92 Å². The van der Waals surface area contributed by atoms with Crippen LogP contribution in [0.2, 0.25) is 0 Å². The van der Waals surface area contributed by atoms with Crippen molar-refractivity contribution in [1.82, 2.24) is 0 Å². The maximum Gasteiger partial charge on any atom is 0.217 e. The highest BCUT2D eigenvalue weighted by atomic mass is 35.5. The van der Waals surface area contributed by atoms with Gasteiger partial charge in [0.1, 0.15) is 11.2 Å². The average Bonchev–Trinajstić information content (AvgIpc) is 2.33. The first-order chi connectivity index (χ1) is 5.68. The van der Waals surface area contributed by atoms with Gasteiger partial charge in [0.15, 0.2) is 0 Å². The number of fused-ring (bicyclic) bond motifs is 1. The highest BCUT2D eigenvalue weighted by Crippen LogP contribution is 2.27. The minimum atomic E-state index is 0.00926. The van der Waals surface area contributed by atoms with Crippen molar-refractivity contribution in [3.8, 4) is 0 Å². The number of guanidine groups is 1. The average molecular weight is 182 g/mol. The van der Waals surface area contributed by atoms with Gasteiger partial charge in [-0.25, -0.2) is 9.98 Å². The molecule has 1 heterocycles. The van der Waals surface area contributed by atoms with Crippen LogP contribution in [0, 0.1) is 0 Å². The Kier molecular flexibility index (Phi) is 1.54. The SMILES string of the molecule is CC1=CC=C2C(Cl)=NC(N)=NC12. The van der Waals surface area contributed by atoms with Gasteiger partial charge in [0.25, 0.3) is 0 Å². The molecule has 3 nitrogen and oxygen atoms in total. The van der Waals surface area contributed by atoms with Crippen LogP contribution >= 0.6 is 11.6 Å². The number of halogens is 1. The van der Waals surface area contributed by atoms with E-state index < -0.39 is 0 Å². The van der Waals surface area contributed by atoms with Crippen molar-refractivity contribution in [2.45, 2.75) is 13.0 Å². The molecule has 0 bridgehead atoms. The van der Waals surface area contributed by atoms with E-state index in [1.165, 1.54) is 0 Å². The molecular formula is C8H8ClN3. The van der Waals surface area contributed by atoms with Crippen molar-refractivity contribution in [2.24, 2.45) is 15.7 Å². The summed E-state index contributed by atoms with van der Waals surface area (Å²) in [5.74, 6) is 0.261. The molecule has 0 saturated carbocycles. The largest absolute Gasteiger partial charge is 0.368 e. The summed E-state index contributed by atoms with van der Waals surface area (Å²) in [6, 6.07) is 0.00926. The molecule has 0 saturated heterocycles. The normalized spacial score (nSPS) is 27.0. The lowest BCUT2D eigenvalue weighted by Gasteiger charge is -2.15. The van der Waals surface area contributed by atoms with Gasteiger partial charge in [-0.3, -0.25) is 0 Å². The van der Waals surface area contributed by atoms with E-state index in [9.17, 15) is 0 Å². The maximum atomic E-state index is 5.87. The fraction of sp³-hybridized carbons (Fsp3) is 0.250. The van der Waals surface area contributed by atoms with Crippen molar-refractivity contribution in [3.05, 3.63) is 23.3 Å². The van der Waals surface area contributed by atoms with Crippen molar-refractivity contribution in [1.29, 1.82) is 0 Å². The summed E-state index contributed by atoms with van der Waals surface area (Å²) in [6.07, 6.45) is 3.92. The van der Waals surface area contributed by atoms with E-state index in [0.29, 0.717) is 5.17 Å². The summed E-state index contributed by atoms with van der Waals surface area (Å²) in [7, 11) is 0. The molecule has 0 aromatic heterocycles. The second-order valence-corrected chi connectivity index (χ2v) is 3.18. The molecule has 0 radical (unpaired) electrons. The maximum absolute atomic E-state index is 5.87. The number of hydrogen-bond donors (Lipinski definition) is 1. The van der Waals surface area contributed by atoms with Gasteiger partial charge < -0.3 is 5.73 Å². The van der Waals surface area contributed by atoms with Gasteiger partial charge in [-0.05, 0) is 12.5 Å². The Balaban J connectivity index is 2.45. The lowest BCUT2D eigenvalue weighted by Crippen LogP contribution is -2.24. The number of rotatable bonds is 0. The van der Waals surface area contributed by atoms with E-state index in [1.807, 2.05) is 19.1 Å². The molecule has 1 atom stereocenters.